The first-order valence-corrected chi connectivity index (χ1v) is 10.9. The largest absolute Gasteiger partial charge is 0.425 e. The molecule has 1 saturated heterocycles. The van der Waals surface area contributed by atoms with Crippen molar-refractivity contribution in [1.29, 1.82) is 10.5 Å². The van der Waals surface area contributed by atoms with Gasteiger partial charge in [0.1, 0.15) is 11.8 Å². The Morgan fingerprint density at radius 1 is 0.970 bits per heavy atom. The van der Waals surface area contributed by atoms with E-state index in [0.29, 0.717) is 10.8 Å². The lowest BCUT2D eigenvalue weighted by molar-refractivity contribution is -0.136. The van der Waals surface area contributed by atoms with E-state index >= 15 is 0 Å². The molecule has 2 aliphatic rings. The molecule has 0 aromatic heterocycles. The van der Waals surface area contributed by atoms with Crippen molar-refractivity contribution in [3.8, 4) is 17.9 Å². The molecule has 0 spiro atoms. The van der Waals surface area contributed by atoms with E-state index in [1.54, 1.807) is 24.3 Å². The normalized spacial score (nSPS) is 21.9. The smallest absolute Gasteiger partial charge is 0.334 e. The van der Waals surface area contributed by atoms with Gasteiger partial charge in [0.05, 0.1) is 18.2 Å². The Morgan fingerprint density at radius 3 is 2.42 bits per heavy atom. The number of hydrogen-bond donors (Lipinski definition) is 0. The number of esters is 1. The lowest BCUT2D eigenvalue weighted by atomic mass is 9.70. The van der Waals surface area contributed by atoms with Crippen LogP contribution in [0.25, 0.3) is 6.08 Å². The van der Waals surface area contributed by atoms with E-state index in [4.69, 9.17) is 16.3 Å². The first-order chi connectivity index (χ1) is 16.1. The zero-order valence-electron chi connectivity index (χ0n) is 17.4. The van der Waals surface area contributed by atoms with E-state index in [1.807, 2.05) is 71.6 Å². The molecule has 0 aliphatic carbocycles. The third kappa shape index (κ3) is 3.26. The van der Waals surface area contributed by atoms with Crippen molar-refractivity contribution in [2.45, 2.75) is 18.0 Å². The van der Waals surface area contributed by atoms with E-state index in [0.717, 1.165) is 16.8 Å². The van der Waals surface area contributed by atoms with Gasteiger partial charge in [0.25, 0.3) is 0 Å². The number of ether oxygens (including phenoxy) is 1. The maximum Gasteiger partial charge on any atom is 0.334 e. The van der Waals surface area contributed by atoms with Crippen LogP contribution in [0.4, 0.5) is 5.69 Å². The molecule has 0 saturated carbocycles. The van der Waals surface area contributed by atoms with Gasteiger partial charge in [-0.3, -0.25) is 0 Å². The summed E-state index contributed by atoms with van der Waals surface area (Å²) in [6.45, 7) is 0. The molecule has 0 radical (unpaired) electrons. The lowest BCUT2D eigenvalue weighted by Crippen LogP contribution is -2.45. The zero-order chi connectivity index (χ0) is 23.0. The van der Waals surface area contributed by atoms with Gasteiger partial charge >= 0.3 is 5.97 Å². The zero-order valence-corrected chi connectivity index (χ0v) is 18.2. The molecule has 5 nitrogen and oxygen atoms in total. The highest BCUT2D eigenvalue weighted by Crippen LogP contribution is 2.55. The highest BCUT2D eigenvalue weighted by molar-refractivity contribution is 6.30. The Bertz CT molecular complexity index is 1330. The minimum absolute atomic E-state index is 0.308. The number of fused-ring (bicyclic) bond motifs is 3. The van der Waals surface area contributed by atoms with Crippen molar-refractivity contribution in [2.75, 3.05) is 4.90 Å². The van der Waals surface area contributed by atoms with Gasteiger partial charge in [-0.25, -0.2) is 4.79 Å². The monoisotopic (exact) mass is 451 g/mol. The van der Waals surface area contributed by atoms with Crippen molar-refractivity contribution < 1.29 is 9.53 Å². The summed E-state index contributed by atoms with van der Waals surface area (Å²) in [4.78, 5) is 15.6. The first-order valence-electron chi connectivity index (χ1n) is 10.5. The highest BCUT2D eigenvalue weighted by Gasteiger charge is 2.64. The molecule has 3 atom stereocenters. The van der Waals surface area contributed by atoms with E-state index in [2.05, 4.69) is 12.1 Å². The summed E-state index contributed by atoms with van der Waals surface area (Å²) >= 11 is 6.08. The first kappa shape index (κ1) is 20.8. The number of nitriles is 2. The third-order valence-electron chi connectivity index (χ3n) is 6.33. The molecule has 33 heavy (non-hydrogen) atoms. The summed E-state index contributed by atoms with van der Waals surface area (Å²) in [6.07, 6.45) is 3.75. The molecule has 0 bridgehead atoms. The molecule has 0 unspecified atom stereocenters. The Morgan fingerprint density at radius 2 is 1.70 bits per heavy atom. The number of rotatable bonds is 3. The maximum absolute atomic E-state index is 13.7. The second kappa shape index (κ2) is 8.13. The average Bonchev–Trinajstić information content (AvgIpc) is 3.16. The van der Waals surface area contributed by atoms with Crippen LogP contribution in [0.15, 0.2) is 84.9 Å². The molecule has 2 aliphatic heterocycles. The van der Waals surface area contributed by atoms with Crippen LogP contribution in [0.3, 0.4) is 0 Å². The van der Waals surface area contributed by atoms with Gasteiger partial charge in [-0.15, -0.1) is 0 Å². The van der Waals surface area contributed by atoms with Crippen LogP contribution < -0.4 is 9.64 Å². The van der Waals surface area contributed by atoms with Crippen molar-refractivity contribution in [3.05, 3.63) is 101 Å². The quantitative estimate of drug-likeness (QED) is 0.396. The fourth-order valence-electron chi connectivity index (χ4n) is 4.95. The number of nitrogens with zero attached hydrogens (tertiary/aromatic N) is 3. The Kier molecular flexibility index (Phi) is 5.13. The number of anilines is 1. The number of benzene rings is 3. The second-order valence-electron chi connectivity index (χ2n) is 8.07. The van der Waals surface area contributed by atoms with Crippen molar-refractivity contribution in [1.82, 2.24) is 0 Å². The predicted molar refractivity (Wildman–Crippen MR) is 125 cm³/mol. The molecule has 6 heteroatoms. The lowest BCUT2D eigenvalue weighted by Gasteiger charge is -2.35. The summed E-state index contributed by atoms with van der Waals surface area (Å²) < 4.78 is 5.77. The standard InChI is InChI=1S/C27H18ClN3O2/c28-20-10-6-11-21(15-20)33-26(32)25-24(19-8-2-1-3-9-19)27(16-29,17-30)23-14-13-18-7-4-5-12-22(18)31(23)25/h1-15,23-25H/t23-,24-,25+/m1/s1. The highest BCUT2D eigenvalue weighted by atomic mass is 35.5. The van der Waals surface area contributed by atoms with E-state index < -0.39 is 29.4 Å². The van der Waals surface area contributed by atoms with E-state index in [9.17, 15) is 15.3 Å². The Balaban J connectivity index is 1.70. The minimum atomic E-state index is -1.50. The number of para-hydroxylation sites is 1. The fourth-order valence-corrected chi connectivity index (χ4v) is 5.13. The summed E-state index contributed by atoms with van der Waals surface area (Å²) in [5, 5.41) is 21.2. The van der Waals surface area contributed by atoms with Gasteiger partial charge in [-0.2, -0.15) is 10.5 Å². The van der Waals surface area contributed by atoms with Crippen LogP contribution in [0.5, 0.6) is 5.75 Å². The van der Waals surface area contributed by atoms with Crippen molar-refractivity contribution >= 4 is 29.3 Å². The van der Waals surface area contributed by atoms with E-state index in [1.165, 1.54) is 0 Å². The van der Waals surface area contributed by atoms with Crippen LogP contribution >= 0.6 is 11.6 Å². The summed E-state index contributed by atoms with van der Waals surface area (Å²) in [7, 11) is 0. The molecule has 0 amide bonds. The van der Waals surface area contributed by atoms with Gasteiger partial charge in [-0.1, -0.05) is 78.4 Å². The summed E-state index contributed by atoms with van der Waals surface area (Å²) in [5.74, 6) is -0.974. The van der Waals surface area contributed by atoms with Crippen LogP contribution in [-0.2, 0) is 4.79 Å². The van der Waals surface area contributed by atoms with Gasteiger partial charge in [0, 0.05) is 16.6 Å². The Hall–Kier alpha value is -4.06. The molecular formula is C27H18ClN3O2. The molecule has 0 N–H and O–H groups in total. The van der Waals surface area contributed by atoms with Gasteiger partial charge < -0.3 is 9.64 Å². The van der Waals surface area contributed by atoms with Gasteiger partial charge in [0.2, 0.25) is 0 Å². The molecular weight excluding hydrogens is 434 g/mol. The predicted octanol–water partition coefficient (Wildman–Crippen LogP) is 5.35. The molecule has 2 heterocycles. The summed E-state index contributed by atoms with van der Waals surface area (Å²) in [6, 6.07) is 26.5. The maximum atomic E-state index is 13.7. The average molecular weight is 452 g/mol. The van der Waals surface area contributed by atoms with Crippen molar-refractivity contribution in [2.24, 2.45) is 5.41 Å². The van der Waals surface area contributed by atoms with Crippen LogP contribution in [0.2, 0.25) is 5.02 Å². The topological polar surface area (TPSA) is 77.1 Å². The summed E-state index contributed by atoms with van der Waals surface area (Å²) in [5.41, 5.74) is 0.928. The van der Waals surface area contributed by atoms with Crippen LogP contribution in [0, 0.1) is 28.1 Å². The van der Waals surface area contributed by atoms with Crippen LogP contribution in [0.1, 0.15) is 17.0 Å². The number of hydrogen-bond acceptors (Lipinski definition) is 5. The van der Waals surface area contributed by atoms with Gasteiger partial charge in [-0.05, 0) is 35.4 Å². The molecule has 3 aromatic carbocycles. The van der Waals surface area contributed by atoms with Crippen molar-refractivity contribution in [3.63, 3.8) is 0 Å². The van der Waals surface area contributed by atoms with Gasteiger partial charge in [0.15, 0.2) is 5.41 Å². The number of carbonyl (C=O) groups excluding carboxylic acids is 1. The molecule has 5 rings (SSSR count). The molecule has 1 fully saturated rings. The molecule has 3 aromatic rings. The Labute approximate surface area is 196 Å². The number of carbonyl (C=O) groups is 1. The SMILES string of the molecule is N#CC1(C#N)[C@H](c2ccccc2)[C@@H](C(=O)Oc2cccc(Cl)c2)N2c3ccccc3C=C[C@@H]21. The second-order valence-corrected chi connectivity index (χ2v) is 8.51. The number of halogens is 1. The minimum Gasteiger partial charge on any atom is -0.425 e. The fraction of sp³-hybridized carbons (Fsp3) is 0.148. The third-order valence-corrected chi connectivity index (χ3v) is 6.57. The molecule has 160 valence electrons. The van der Waals surface area contributed by atoms with E-state index in [-0.39, 0.29) is 0 Å². The van der Waals surface area contributed by atoms with Crippen LogP contribution in [-0.4, -0.2) is 18.1 Å².